The maximum atomic E-state index is 5.28. The first-order valence-corrected chi connectivity index (χ1v) is 12.0. The number of hydrogen-bond acceptors (Lipinski definition) is 9. The van der Waals surface area contributed by atoms with Gasteiger partial charge in [0.1, 0.15) is 11.6 Å². The molecular formula is C26H27N9O. The molecule has 0 atom stereocenters. The van der Waals surface area contributed by atoms with Crippen LogP contribution >= 0.6 is 0 Å². The van der Waals surface area contributed by atoms with Crippen LogP contribution in [-0.4, -0.2) is 61.2 Å². The predicted molar refractivity (Wildman–Crippen MR) is 138 cm³/mol. The van der Waals surface area contributed by atoms with Crippen molar-refractivity contribution in [2.75, 3.05) is 36.4 Å². The minimum Gasteiger partial charge on any atom is -0.354 e. The Kier molecular flexibility index (Phi) is 5.78. The lowest BCUT2D eigenvalue weighted by atomic mass is 10.2. The van der Waals surface area contributed by atoms with Gasteiger partial charge in [0.15, 0.2) is 5.82 Å². The Bertz CT molecular complexity index is 1500. The van der Waals surface area contributed by atoms with Gasteiger partial charge in [-0.1, -0.05) is 11.2 Å². The number of aryl methyl sites for hydroxylation is 2. The molecule has 1 aromatic carbocycles. The summed E-state index contributed by atoms with van der Waals surface area (Å²) in [6.45, 7) is 8.63. The van der Waals surface area contributed by atoms with Gasteiger partial charge in [0.2, 0.25) is 5.95 Å². The summed E-state index contributed by atoms with van der Waals surface area (Å²) in [6, 6.07) is 16.2. The number of fused-ring (bicyclic) bond motifs is 1. The van der Waals surface area contributed by atoms with Gasteiger partial charge in [-0.05, 0) is 61.9 Å². The average molecular weight is 482 g/mol. The highest BCUT2D eigenvalue weighted by atomic mass is 16.5. The molecule has 0 bridgehead atoms. The molecule has 182 valence electrons. The molecule has 0 saturated carbocycles. The van der Waals surface area contributed by atoms with Gasteiger partial charge in [-0.25, -0.2) is 15.0 Å². The van der Waals surface area contributed by atoms with Crippen LogP contribution in [0.1, 0.15) is 17.1 Å². The van der Waals surface area contributed by atoms with Gasteiger partial charge < -0.3 is 19.7 Å². The van der Waals surface area contributed by atoms with Crippen molar-refractivity contribution in [2.45, 2.75) is 20.4 Å². The summed E-state index contributed by atoms with van der Waals surface area (Å²) in [5, 5.41) is 7.17. The molecule has 6 rings (SSSR count). The fourth-order valence-corrected chi connectivity index (χ4v) is 4.48. The highest BCUT2D eigenvalue weighted by Crippen LogP contribution is 2.24. The van der Waals surface area contributed by atoms with Crippen molar-refractivity contribution in [2.24, 2.45) is 0 Å². The molecular weight excluding hydrogens is 454 g/mol. The van der Waals surface area contributed by atoms with E-state index in [1.54, 1.807) is 6.92 Å². The fourth-order valence-electron chi connectivity index (χ4n) is 4.48. The van der Waals surface area contributed by atoms with E-state index < -0.39 is 0 Å². The van der Waals surface area contributed by atoms with E-state index in [0.29, 0.717) is 17.7 Å². The minimum absolute atomic E-state index is 0.490. The molecule has 0 spiro atoms. The van der Waals surface area contributed by atoms with Gasteiger partial charge in [0.05, 0.1) is 11.0 Å². The topological polar surface area (TPSA) is 112 Å². The van der Waals surface area contributed by atoms with E-state index in [9.17, 15) is 0 Å². The number of nitrogens with zero attached hydrogens (tertiary/aromatic N) is 7. The van der Waals surface area contributed by atoms with Gasteiger partial charge in [0, 0.05) is 50.2 Å². The Hall–Kier alpha value is -4.31. The van der Waals surface area contributed by atoms with Crippen molar-refractivity contribution >= 4 is 28.6 Å². The summed E-state index contributed by atoms with van der Waals surface area (Å²) < 4.78 is 5.28. The molecule has 5 heterocycles. The molecule has 0 radical (unpaired) electrons. The third-order valence-corrected chi connectivity index (χ3v) is 6.30. The average Bonchev–Trinajstić information content (AvgIpc) is 3.49. The smallest absolute Gasteiger partial charge is 0.257 e. The van der Waals surface area contributed by atoms with Gasteiger partial charge in [-0.3, -0.25) is 4.90 Å². The molecule has 0 amide bonds. The first-order chi connectivity index (χ1) is 17.6. The van der Waals surface area contributed by atoms with Crippen molar-refractivity contribution in [1.29, 1.82) is 0 Å². The Balaban J connectivity index is 1.10. The van der Waals surface area contributed by atoms with E-state index in [0.717, 1.165) is 66.7 Å². The molecule has 1 aliphatic rings. The molecule has 10 heteroatoms. The summed E-state index contributed by atoms with van der Waals surface area (Å²) in [4.78, 5) is 26.2. The van der Waals surface area contributed by atoms with Crippen LogP contribution in [0, 0.1) is 13.8 Å². The molecule has 10 nitrogen and oxygen atoms in total. The number of rotatable bonds is 6. The highest BCUT2D eigenvalue weighted by Gasteiger charge is 2.18. The van der Waals surface area contributed by atoms with Crippen LogP contribution in [0.5, 0.6) is 0 Å². The molecule has 36 heavy (non-hydrogen) atoms. The number of imidazole rings is 1. The van der Waals surface area contributed by atoms with Gasteiger partial charge in [-0.2, -0.15) is 4.98 Å². The van der Waals surface area contributed by atoms with E-state index in [-0.39, 0.29) is 0 Å². The van der Waals surface area contributed by atoms with Crippen LogP contribution in [0.15, 0.2) is 59.3 Å². The molecule has 5 aromatic rings. The number of benzene rings is 1. The standard InChI is InChI=1S/C26H27N9O/c1-17-4-3-5-24(28-17)35-12-10-34(11-13-35)16-19-8-9-27-23(14-19)32-26-30-21-7-6-20(15-22(21)31-26)25-29-18(2)33-36-25/h3-9,14-15H,10-13,16H2,1-2H3,(H2,27,30,31,32). The summed E-state index contributed by atoms with van der Waals surface area (Å²) in [5.74, 6) is 3.54. The number of piperazine rings is 1. The van der Waals surface area contributed by atoms with Crippen LogP contribution in [0.25, 0.3) is 22.5 Å². The first kappa shape index (κ1) is 22.2. The lowest BCUT2D eigenvalue weighted by molar-refractivity contribution is 0.249. The number of aromatic nitrogens is 6. The van der Waals surface area contributed by atoms with Crippen LogP contribution < -0.4 is 10.2 Å². The Morgan fingerprint density at radius 1 is 0.972 bits per heavy atom. The van der Waals surface area contributed by atoms with Crippen molar-refractivity contribution in [3.63, 3.8) is 0 Å². The predicted octanol–water partition coefficient (Wildman–Crippen LogP) is 4.09. The summed E-state index contributed by atoms with van der Waals surface area (Å²) >= 11 is 0. The van der Waals surface area contributed by atoms with Crippen molar-refractivity contribution < 1.29 is 4.52 Å². The van der Waals surface area contributed by atoms with E-state index in [1.807, 2.05) is 37.4 Å². The van der Waals surface area contributed by atoms with Crippen molar-refractivity contribution in [3.8, 4) is 11.5 Å². The van der Waals surface area contributed by atoms with Crippen LogP contribution in [-0.2, 0) is 6.54 Å². The second kappa shape index (κ2) is 9.38. The van der Waals surface area contributed by atoms with Gasteiger partial charge in [-0.15, -0.1) is 0 Å². The molecule has 1 aliphatic heterocycles. The van der Waals surface area contributed by atoms with Gasteiger partial charge >= 0.3 is 0 Å². The maximum absolute atomic E-state index is 5.28. The zero-order valence-corrected chi connectivity index (χ0v) is 20.3. The molecule has 0 aliphatic carbocycles. The normalized spacial score (nSPS) is 14.4. The van der Waals surface area contributed by atoms with Gasteiger partial charge in [0.25, 0.3) is 5.89 Å². The van der Waals surface area contributed by atoms with E-state index in [2.05, 4.69) is 69.5 Å². The molecule has 1 saturated heterocycles. The minimum atomic E-state index is 0.490. The number of nitrogens with one attached hydrogen (secondary N) is 2. The summed E-state index contributed by atoms with van der Waals surface area (Å²) in [6.07, 6.45) is 1.84. The van der Waals surface area contributed by atoms with Crippen LogP contribution in [0.4, 0.5) is 17.6 Å². The van der Waals surface area contributed by atoms with Crippen molar-refractivity contribution in [3.05, 3.63) is 71.8 Å². The first-order valence-electron chi connectivity index (χ1n) is 12.0. The number of H-pyrrole nitrogens is 1. The zero-order chi connectivity index (χ0) is 24.5. The third kappa shape index (κ3) is 4.76. The van der Waals surface area contributed by atoms with Crippen molar-refractivity contribution in [1.82, 2.24) is 35.0 Å². The highest BCUT2D eigenvalue weighted by molar-refractivity contribution is 5.82. The third-order valence-electron chi connectivity index (χ3n) is 6.30. The molecule has 0 unspecified atom stereocenters. The van der Waals surface area contributed by atoms with Crippen LogP contribution in [0.2, 0.25) is 0 Å². The van der Waals surface area contributed by atoms with E-state index in [1.165, 1.54) is 5.56 Å². The molecule has 4 aromatic heterocycles. The summed E-state index contributed by atoms with van der Waals surface area (Å²) in [7, 11) is 0. The quantitative estimate of drug-likeness (QED) is 0.370. The second-order valence-corrected chi connectivity index (χ2v) is 9.04. The SMILES string of the molecule is Cc1cccc(N2CCN(Cc3ccnc(Nc4nc5ccc(-c6nc(C)no6)cc5[nH]4)c3)CC2)n1. The Labute approximate surface area is 208 Å². The second-order valence-electron chi connectivity index (χ2n) is 9.04. The molecule has 2 N–H and O–H groups in total. The largest absolute Gasteiger partial charge is 0.354 e. The van der Waals surface area contributed by atoms with Crippen LogP contribution in [0.3, 0.4) is 0 Å². The zero-order valence-electron chi connectivity index (χ0n) is 20.3. The molecule has 1 fully saturated rings. The fraction of sp³-hybridized carbons (Fsp3) is 0.269. The Morgan fingerprint density at radius 2 is 1.86 bits per heavy atom. The number of pyridine rings is 2. The van der Waals surface area contributed by atoms with E-state index >= 15 is 0 Å². The Morgan fingerprint density at radius 3 is 2.67 bits per heavy atom. The number of hydrogen-bond donors (Lipinski definition) is 2. The monoisotopic (exact) mass is 481 g/mol. The number of aromatic amines is 1. The lowest BCUT2D eigenvalue weighted by Gasteiger charge is -2.35. The van der Waals surface area contributed by atoms with E-state index in [4.69, 9.17) is 4.52 Å². The lowest BCUT2D eigenvalue weighted by Crippen LogP contribution is -2.46. The number of anilines is 3. The maximum Gasteiger partial charge on any atom is 0.257 e. The summed E-state index contributed by atoms with van der Waals surface area (Å²) in [5.41, 5.74) is 4.83.